The van der Waals surface area contributed by atoms with Crippen LogP contribution in [-0.2, 0) is 0 Å². The molecule has 0 radical (unpaired) electrons. The molecule has 0 bridgehead atoms. The first kappa shape index (κ1) is 14.3. The van der Waals surface area contributed by atoms with Crippen molar-refractivity contribution in [2.75, 3.05) is 0 Å². The maximum Gasteiger partial charge on any atom is 0.162 e. The zero-order chi connectivity index (χ0) is 14.8. The van der Waals surface area contributed by atoms with E-state index in [1.807, 2.05) is 24.3 Å². The summed E-state index contributed by atoms with van der Waals surface area (Å²) in [5.41, 5.74) is 2.67. The molecule has 104 valence electrons. The third kappa shape index (κ3) is 3.00. The molecule has 0 fully saturated rings. The van der Waals surface area contributed by atoms with Gasteiger partial charge in [-0.15, -0.1) is 0 Å². The molecule has 3 nitrogen and oxygen atoms in total. The highest BCUT2D eigenvalue weighted by Gasteiger charge is 2.09. The van der Waals surface area contributed by atoms with Gasteiger partial charge in [-0.05, 0) is 17.7 Å². The molecule has 0 amide bonds. The fraction of sp³-hybridized carbons (Fsp3) is 0. The molecule has 0 aliphatic carbocycles. The number of halogens is 3. The molecule has 3 rings (SSSR count). The Kier molecular flexibility index (Phi) is 4.06. The van der Waals surface area contributed by atoms with Gasteiger partial charge >= 0.3 is 0 Å². The summed E-state index contributed by atoms with van der Waals surface area (Å²) in [5.74, 6) is 0.622. The van der Waals surface area contributed by atoms with Crippen molar-refractivity contribution in [2.24, 2.45) is 0 Å². The van der Waals surface area contributed by atoms with E-state index in [0.717, 1.165) is 16.7 Å². The van der Waals surface area contributed by atoms with Crippen LogP contribution in [0.4, 0.5) is 0 Å². The fourth-order valence-electron chi connectivity index (χ4n) is 1.93. The van der Waals surface area contributed by atoms with Crippen molar-refractivity contribution in [3.8, 4) is 22.5 Å². The fourth-order valence-corrected chi connectivity index (χ4v) is 2.59. The lowest BCUT2D eigenvalue weighted by Gasteiger charge is -2.07. The highest BCUT2D eigenvalue weighted by atomic mass is 35.5. The molecule has 0 N–H and O–H groups in total. The lowest BCUT2D eigenvalue weighted by molar-refractivity contribution is 1.06. The topological polar surface area (TPSA) is 38.7 Å². The largest absolute Gasteiger partial charge is 0.225 e. The summed E-state index contributed by atoms with van der Waals surface area (Å²) < 4.78 is 0. The van der Waals surface area contributed by atoms with Crippen LogP contribution in [0.15, 0.2) is 49.1 Å². The molecule has 0 aliphatic heterocycles. The van der Waals surface area contributed by atoms with Crippen molar-refractivity contribution in [2.45, 2.75) is 0 Å². The highest BCUT2D eigenvalue weighted by Crippen LogP contribution is 2.35. The number of hydrogen-bond acceptors (Lipinski definition) is 3. The summed E-state index contributed by atoms with van der Waals surface area (Å²) in [6.07, 6.45) is 2.93. The molecule has 0 saturated heterocycles. The van der Waals surface area contributed by atoms with E-state index in [-0.39, 0.29) is 0 Å². The molecule has 0 spiro atoms. The number of hydrogen-bond donors (Lipinski definition) is 0. The van der Waals surface area contributed by atoms with E-state index in [1.54, 1.807) is 12.1 Å². The van der Waals surface area contributed by atoms with Crippen molar-refractivity contribution in [3.05, 3.63) is 64.1 Å². The second kappa shape index (κ2) is 5.98. The Balaban J connectivity index is 2.00. The van der Waals surface area contributed by atoms with Gasteiger partial charge in [-0.3, -0.25) is 0 Å². The maximum atomic E-state index is 6.22. The van der Waals surface area contributed by atoms with Crippen molar-refractivity contribution in [1.82, 2.24) is 15.0 Å². The second-order valence-corrected chi connectivity index (χ2v) is 5.51. The first-order chi connectivity index (χ1) is 10.1. The monoisotopic (exact) mass is 335 g/mol. The minimum absolute atomic E-state index is 0.437. The van der Waals surface area contributed by atoms with E-state index in [0.29, 0.717) is 20.9 Å². The van der Waals surface area contributed by atoms with E-state index < -0.39 is 0 Å². The summed E-state index contributed by atoms with van der Waals surface area (Å²) in [7, 11) is 0. The lowest BCUT2D eigenvalue weighted by Crippen LogP contribution is -1.89. The Morgan fingerprint density at radius 2 is 1.24 bits per heavy atom. The van der Waals surface area contributed by atoms with Gasteiger partial charge in [0, 0.05) is 16.1 Å². The van der Waals surface area contributed by atoms with Crippen LogP contribution in [-0.4, -0.2) is 15.0 Å². The Morgan fingerprint density at radius 1 is 0.667 bits per heavy atom. The van der Waals surface area contributed by atoms with Gasteiger partial charge in [0.1, 0.15) is 12.7 Å². The Morgan fingerprint density at radius 3 is 1.90 bits per heavy atom. The smallest absolute Gasteiger partial charge is 0.162 e. The number of nitrogens with zero attached hydrogens (tertiary/aromatic N) is 3. The van der Waals surface area contributed by atoms with Gasteiger partial charge in [-0.1, -0.05) is 59.1 Å². The van der Waals surface area contributed by atoms with E-state index >= 15 is 0 Å². The summed E-state index contributed by atoms with van der Waals surface area (Å²) in [5, 5.41) is 1.46. The van der Waals surface area contributed by atoms with E-state index in [4.69, 9.17) is 34.8 Å². The molecule has 1 heterocycles. The van der Waals surface area contributed by atoms with Crippen LogP contribution >= 0.6 is 34.8 Å². The van der Waals surface area contributed by atoms with Gasteiger partial charge in [0.05, 0.1) is 10.0 Å². The van der Waals surface area contributed by atoms with Gasteiger partial charge < -0.3 is 0 Å². The summed E-state index contributed by atoms with van der Waals surface area (Å²) >= 11 is 18.2. The summed E-state index contributed by atoms with van der Waals surface area (Å²) in [6, 6.07) is 11.1. The lowest BCUT2D eigenvalue weighted by atomic mass is 10.0. The molecular weight excluding hydrogens is 329 g/mol. The van der Waals surface area contributed by atoms with Gasteiger partial charge in [-0.25, -0.2) is 15.0 Å². The zero-order valence-electron chi connectivity index (χ0n) is 10.6. The molecule has 0 atom stereocenters. The molecule has 0 unspecified atom stereocenters. The van der Waals surface area contributed by atoms with Gasteiger partial charge in [-0.2, -0.15) is 0 Å². The van der Waals surface area contributed by atoms with Gasteiger partial charge in [0.15, 0.2) is 5.82 Å². The molecular formula is C15H8Cl3N3. The first-order valence-corrected chi connectivity index (χ1v) is 7.16. The SMILES string of the molecule is Clc1cc(Cl)c(-c2ccc(-c3ncncn3)cc2)cc1Cl. The van der Waals surface area contributed by atoms with Crippen molar-refractivity contribution < 1.29 is 0 Å². The second-order valence-electron chi connectivity index (χ2n) is 4.29. The van der Waals surface area contributed by atoms with Crippen molar-refractivity contribution >= 4 is 34.8 Å². The minimum Gasteiger partial charge on any atom is -0.225 e. The molecule has 21 heavy (non-hydrogen) atoms. The minimum atomic E-state index is 0.437. The zero-order valence-corrected chi connectivity index (χ0v) is 12.9. The number of benzene rings is 2. The van der Waals surface area contributed by atoms with Crippen LogP contribution in [0.25, 0.3) is 22.5 Å². The van der Waals surface area contributed by atoms with Crippen LogP contribution < -0.4 is 0 Å². The molecule has 0 saturated carbocycles. The molecule has 0 aliphatic rings. The Bertz CT molecular complexity index is 774. The van der Waals surface area contributed by atoms with E-state index in [1.165, 1.54) is 12.7 Å². The quantitative estimate of drug-likeness (QED) is 0.606. The van der Waals surface area contributed by atoms with Gasteiger partial charge in [0.25, 0.3) is 0 Å². The molecule has 1 aromatic heterocycles. The van der Waals surface area contributed by atoms with E-state index in [9.17, 15) is 0 Å². The van der Waals surface area contributed by atoms with E-state index in [2.05, 4.69) is 15.0 Å². The van der Waals surface area contributed by atoms with Crippen LogP contribution in [0.5, 0.6) is 0 Å². The predicted molar refractivity (Wildman–Crippen MR) is 85.7 cm³/mol. The first-order valence-electron chi connectivity index (χ1n) is 6.02. The van der Waals surface area contributed by atoms with Gasteiger partial charge in [0.2, 0.25) is 0 Å². The summed E-state index contributed by atoms with van der Waals surface area (Å²) in [4.78, 5) is 12.0. The predicted octanol–water partition coefficient (Wildman–Crippen LogP) is 5.17. The Hall–Kier alpha value is -1.68. The van der Waals surface area contributed by atoms with Crippen molar-refractivity contribution in [3.63, 3.8) is 0 Å². The third-order valence-corrected chi connectivity index (χ3v) is 3.99. The normalized spacial score (nSPS) is 10.6. The highest BCUT2D eigenvalue weighted by molar-refractivity contribution is 6.44. The maximum absolute atomic E-state index is 6.22. The van der Waals surface area contributed by atoms with Crippen molar-refractivity contribution in [1.29, 1.82) is 0 Å². The van der Waals surface area contributed by atoms with Crippen LogP contribution in [0.1, 0.15) is 0 Å². The molecule has 2 aromatic carbocycles. The standard InChI is InChI=1S/C15H8Cl3N3/c16-12-6-14(18)13(17)5-11(12)9-1-3-10(4-2-9)15-20-7-19-8-21-15/h1-8H. The third-order valence-electron chi connectivity index (χ3n) is 2.96. The molecule has 3 aromatic rings. The number of aromatic nitrogens is 3. The Labute approximate surface area is 136 Å². The molecule has 6 heteroatoms. The average molecular weight is 337 g/mol. The summed E-state index contributed by atoms with van der Waals surface area (Å²) in [6.45, 7) is 0. The van der Waals surface area contributed by atoms with Crippen LogP contribution in [0.2, 0.25) is 15.1 Å². The van der Waals surface area contributed by atoms with Crippen LogP contribution in [0, 0.1) is 0 Å². The average Bonchev–Trinajstić information content (AvgIpc) is 2.52. The number of rotatable bonds is 2. The van der Waals surface area contributed by atoms with Crippen LogP contribution in [0.3, 0.4) is 0 Å².